The van der Waals surface area contributed by atoms with Crippen LogP contribution in [0.3, 0.4) is 0 Å². The molecule has 0 bridgehead atoms. The van der Waals surface area contributed by atoms with Gasteiger partial charge in [0.25, 0.3) is 5.91 Å². The van der Waals surface area contributed by atoms with Gasteiger partial charge < -0.3 is 4.57 Å². The molecule has 5 nitrogen and oxygen atoms in total. The number of para-hydroxylation sites is 1. The second-order valence-corrected chi connectivity index (χ2v) is 7.78. The number of hydrazine groups is 1. The number of hydrogen-bond donors (Lipinski definition) is 2. The summed E-state index contributed by atoms with van der Waals surface area (Å²) in [6.07, 6.45) is 0.730. The lowest BCUT2D eigenvalue weighted by atomic mass is 10.1. The van der Waals surface area contributed by atoms with E-state index in [2.05, 4.69) is 10.9 Å². The molecule has 2 amide bonds. The summed E-state index contributed by atoms with van der Waals surface area (Å²) in [7, 11) is 0. The number of rotatable bonds is 4. The summed E-state index contributed by atoms with van der Waals surface area (Å²) >= 11 is 6.22. The molecule has 4 rings (SSSR count). The Balaban J connectivity index is 1.41. The van der Waals surface area contributed by atoms with Gasteiger partial charge in [-0.1, -0.05) is 48.0 Å². The number of aromatic nitrogens is 1. The van der Waals surface area contributed by atoms with Crippen LogP contribution in [0.5, 0.6) is 0 Å². The number of amides is 2. The van der Waals surface area contributed by atoms with Gasteiger partial charge in [0.2, 0.25) is 5.91 Å². The van der Waals surface area contributed by atoms with Gasteiger partial charge in [-0.05, 0) is 56.0 Å². The number of nitrogens with one attached hydrogen (secondary N) is 2. The average Bonchev–Trinajstić information content (AvgIpc) is 3.46. The van der Waals surface area contributed by atoms with E-state index in [9.17, 15) is 9.59 Å². The number of benzene rings is 2. The van der Waals surface area contributed by atoms with E-state index in [-0.39, 0.29) is 23.7 Å². The minimum Gasteiger partial charge on any atom is -0.318 e. The van der Waals surface area contributed by atoms with Crippen LogP contribution in [-0.4, -0.2) is 16.4 Å². The summed E-state index contributed by atoms with van der Waals surface area (Å²) in [5.74, 6) is -0.598. The Morgan fingerprint density at radius 3 is 2.41 bits per heavy atom. The maximum absolute atomic E-state index is 12.7. The summed E-state index contributed by atoms with van der Waals surface area (Å²) in [5, 5.41) is 0.671. The highest BCUT2D eigenvalue weighted by Gasteiger charge is 2.45. The van der Waals surface area contributed by atoms with Crippen molar-refractivity contribution in [1.29, 1.82) is 0 Å². The fourth-order valence-corrected chi connectivity index (χ4v) is 4.13. The van der Waals surface area contributed by atoms with Crippen molar-refractivity contribution in [3.63, 3.8) is 0 Å². The van der Waals surface area contributed by atoms with Gasteiger partial charge in [0.15, 0.2) is 0 Å². The summed E-state index contributed by atoms with van der Waals surface area (Å²) in [4.78, 5) is 25.1. The highest BCUT2D eigenvalue weighted by molar-refractivity contribution is 6.31. The van der Waals surface area contributed by atoms with Crippen LogP contribution in [0.4, 0.5) is 0 Å². The predicted octanol–water partition coefficient (Wildman–Crippen LogP) is 4.31. The molecule has 1 saturated carbocycles. The van der Waals surface area contributed by atoms with Crippen molar-refractivity contribution in [3.05, 3.63) is 88.2 Å². The van der Waals surface area contributed by atoms with Gasteiger partial charge in [-0.25, -0.2) is 0 Å². The molecule has 6 heteroatoms. The molecular weight excluding hydrogens is 386 g/mol. The van der Waals surface area contributed by atoms with Crippen molar-refractivity contribution in [2.45, 2.75) is 26.2 Å². The molecule has 148 valence electrons. The first kappa shape index (κ1) is 19.3. The first-order valence-electron chi connectivity index (χ1n) is 9.56. The molecule has 3 aromatic rings. The van der Waals surface area contributed by atoms with Gasteiger partial charge in [0.1, 0.15) is 0 Å². The first-order valence-corrected chi connectivity index (χ1v) is 9.94. The molecule has 0 radical (unpaired) electrons. The number of hydrogen-bond acceptors (Lipinski definition) is 2. The second kappa shape index (κ2) is 7.76. The van der Waals surface area contributed by atoms with E-state index >= 15 is 0 Å². The zero-order chi connectivity index (χ0) is 20.5. The van der Waals surface area contributed by atoms with Gasteiger partial charge in [-0.3, -0.25) is 20.4 Å². The largest absolute Gasteiger partial charge is 0.318 e. The average molecular weight is 408 g/mol. The fourth-order valence-electron chi connectivity index (χ4n) is 3.85. The van der Waals surface area contributed by atoms with E-state index < -0.39 is 0 Å². The van der Waals surface area contributed by atoms with Crippen LogP contribution in [0.15, 0.2) is 60.7 Å². The van der Waals surface area contributed by atoms with E-state index in [0.717, 1.165) is 29.1 Å². The molecule has 2 unspecified atom stereocenters. The van der Waals surface area contributed by atoms with E-state index in [0.29, 0.717) is 10.6 Å². The van der Waals surface area contributed by atoms with Gasteiger partial charge in [0.05, 0.1) is 5.56 Å². The lowest BCUT2D eigenvalue weighted by molar-refractivity contribution is -0.123. The van der Waals surface area contributed by atoms with Crippen LogP contribution in [0.2, 0.25) is 5.02 Å². The van der Waals surface area contributed by atoms with E-state index in [4.69, 9.17) is 11.6 Å². The number of nitrogens with zero attached hydrogens (tertiary/aromatic N) is 1. The molecule has 1 fully saturated rings. The third kappa shape index (κ3) is 3.78. The highest BCUT2D eigenvalue weighted by Crippen LogP contribution is 2.49. The second-order valence-electron chi connectivity index (χ2n) is 7.37. The van der Waals surface area contributed by atoms with Gasteiger partial charge in [0, 0.05) is 28.0 Å². The van der Waals surface area contributed by atoms with Crippen molar-refractivity contribution >= 4 is 23.4 Å². The Bertz CT molecular complexity index is 1070. The Morgan fingerprint density at radius 2 is 1.69 bits per heavy atom. The van der Waals surface area contributed by atoms with Crippen molar-refractivity contribution in [2.75, 3.05) is 0 Å². The van der Waals surface area contributed by atoms with Gasteiger partial charge >= 0.3 is 0 Å². The summed E-state index contributed by atoms with van der Waals surface area (Å²) in [6, 6.07) is 19.2. The number of carbonyl (C=O) groups is 2. The molecule has 1 aliphatic rings. The molecule has 29 heavy (non-hydrogen) atoms. The first-order chi connectivity index (χ1) is 14.0. The smallest absolute Gasteiger partial charge is 0.271 e. The zero-order valence-corrected chi connectivity index (χ0v) is 17.0. The normalized spacial score (nSPS) is 17.6. The summed E-state index contributed by atoms with van der Waals surface area (Å²) in [6.45, 7) is 3.85. The number of aryl methyl sites for hydroxylation is 1. The Hall–Kier alpha value is -3.05. The SMILES string of the molecule is Cc1cc(C(=O)NNC(=O)C2CC2c2ccccc2Cl)c(C)n1-c1ccccc1. The highest BCUT2D eigenvalue weighted by atomic mass is 35.5. The third-order valence-corrected chi connectivity index (χ3v) is 5.77. The minimum absolute atomic E-state index is 0.101. The van der Waals surface area contributed by atoms with Crippen LogP contribution < -0.4 is 10.9 Å². The van der Waals surface area contributed by atoms with E-state index in [1.165, 1.54) is 0 Å². The quantitative estimate of drug-likeness (QED) is 0.633. The Morgan fingerprint density at radius 1 is 1.00 bits per heavy atom. The van der Waals surface area contributed by atoms with Crippen molar-refractivity contribution in [2.24, 2.45) is 5.92 Å². The predicted molar refractivity (Wildman–Crippen MR) is 113 cm³/mol. The maximum atomic E-state index is 12.7. The van der Waals surface area contributed by atoms with E-state index in [1.807, 2.05) is 79.1 Å². The minimum atomic E-state index is -0.330. The zero-order valence-electron chi connectivity index (χ0n) is 16.3. The van der Waals surface area contributed by atoms with Gasteiger partial charge in [-0.15, -0.1) is 0 Å². The Labute approximate surface area is 174 Å². The van der Waals surface area contributed by atoms with Crippen LogP contribution in [0.1, 0.15) is 39.6 Å². The number of carbonyl (C=O) groups excluding carboxylic acids is 2. The lowest BCUT2D eigenvalue weighted by Gasteiger charge is -2.10. The maximum Gasteiger partial charge on any atom is 0.271 e. The van der Waals surface area contributed by atoms with E-state index in [1.54, 1.807) is 0 Å². The molecule has 2 N–H and O–H groups in total. The summed E-state index contributed by atoms with van der Waals surface area (Å²) < 4.78 is 2.02. The van der Waals surface area contributed by atoms with Crippen molar-refractivity contribution in [1.82, 2.24) is 15.4 Å². The molecular formula is C23H22ClN3O2. The third-order valence-electron chi connectivity index (χ3n) is 5.42. The molecule has 2 atom stereocenters. The topological polar surface area (TPSA) is 63.1 Å². The van der Waals surface area contributed by atoms with Gasteiger partial charge in [-0.2, -0.15) is 0 Å². The molecule has 1 aliphatic carbocycles. The molecule has 0 spiro atoms. The van der Waals surface area contributed by atoms with Crippen LogP contribution in [0, 0.1) is 19.8 Å². The van der Waals surface area contributed by atoms with Crippen LogP contribution in [-0.2, 0) is 4.79 Å². The molecule has 1 heterocycles. The molecule has 0 saturated heterocycles. The van der Waals surface area contributed by atoms with Crippen LogP contribution >= 0.6 is 11.6 Å². The molecule has 1 aromatic heterocycles. The summed E-state index contributed by atoms with van der Waals surface area (Å²) in [5.41, 5.74) is 9.40. The lowest BCUT2D eigenvalue weighted by Crippen LogP contribution is -2.42. The Kier molecular flexibility index (Phi) is 5.16. The fraction of sp³-hybridized carbons (Fsp3) is 0.217. The molecule has 0 aliphatic heterocycles. The van der Waals surface area contributed by atoms with Crippen molar-refractivity contribution in [3.8, 4) is 5.69 Å². The number of halogens is 1. The monoisotopic (exact) mass is 407 g/mol. The van der Waals surface area contributed by atoms with Crippen molar-refractivity contribution < 1.29 is 9.59 Å². The molecule has 2 aromatic carbocycles. The van der Waals surface area contributed by atoms with Crippen LogP contribution in [0.25, 0.3) is 5.69 Å². The standard InChI is InChI=1S/C23H22ClN3O2/c1-14-12-18(15(2)27(14)16-8-4-3-5-9-16)22(28)25-26-23(29)20-13-19(20)17-10-6-7-11-21(17)24/h3-12,19-20H,13H2,1-2H3,(H,25,28)(H,26,29).